The second-order valence-corrected chi connectivity index (χ2v) is 11.3. The second-order valence-electron chi connectivity index (χ2n) is 11.3. The average Bonchev–Trinajstić information content (AvgIpc) is 3.49. The smallest absolute Gasteiger partial charge is 0.277 e. The van der Waals surface area contributed by atoms with E-state index in [1.807, 2.05) is 43.3 Å². The van der Waals surface area contributed by atoms with Gasteiger partial charge in [0.1, 0.15) is 6.26 Å². The molecule has 2 aliphatic rings. The number of oxazole rings is 1. The number of rotatable bonds is 5. The van der Waals surface area contributed by atoms with Gasteiger partial charge in [-0.15, -0.1) is 0 Å². The molecule has 0 unspecified atom stereocenters. The van der Waals surface area contributed by atoms with E-state index in [2.05, 4.69) is 26.5 Å². The first-order valence-electron chi connectivity index (χ1n) is 13.0. The number of nitrogens with one attached hydrogen (secondary N) is 2. The first-order valence-corrected chi connectivity index (χ1v) is 13.0. The molecule has 0 bridgehead atoms. The lowest BCUT2D eigenvalue weighted by Gasteiger charge is -2.47. The van der Waals surface area contributed by atoms with Crippen LogP contribution in [0, 0.1) is 12.3 Å². The van der Waals surface area contributed by atoms with Crippen LogP contribution >= 0.6 is 0 Å². The van der Waals surface area contributed by atoms with Gasteiger partial charge < -0.3 is 20.2 Å². The Kier molecular flexibility index (Phi) is 5.69. The third kappa shape index (κ3) is 4.55. The van der Waals surface area contributed by atoms with Crippen molar-refractivity contribution in [1.29, 1.82) is 0 Å². The molecule has 2 fully saturated rings. The summed E-state index contributed by atoms with van der Waals surface area (Å²) in [4.78, 5) is 17.5. The van der Waals surface area contributed by atoms with Crippen molar-refractivity contribution >= 4 is 22.5 Å². The Balaban J connectivity index is 1.26. The van der Waals surface area contributed by atoms with Crippen LogP contribution in [0.25, 0.3) is 22.4 Å². The molecule has 4 aromatic rings. The maximum Gasteiger partial charge on any atom is 0.277 e. The topological polar surface area (TPSA) is 105 Å². The molecule has 37 heavy (non-hydrogen) atoms. The number of aromatic nitrogens is 3. The zero-order chi connectivity index (χ0) is 25.8. The summed E-state index contributed by atoms with van der Waals surface area (Å²) < 4.78 is 7.67. The van der Waals surface area contributed by atoms with Crippen molar-refractivity contribution in [3.63, 3.8) is 0 Å². The number of aryl methyl sites for hydroxylation is 1. The third-order valence-electron chi connectivity index (χ3n) is 7.96. The summed E-state index contributed by atoms with van der Waals surface area (Å²) in [5, 5.41) is 23.1. The Hall–Kier alpha value is -3.49. The van der Waals surface area contributed by atoms with Gasteiger partial charge in [-0.2, -0.15) is 5.10 Å². The SMILES string of the molecule is Cc1cccc(-c2nc(C(=O)Nc3cc4cn(C5CCC6(CC5)CNC6)nc4cc3C(C)(C)O)co2)c1. The Labute approximate surface area is 216 Å². The summed E-state index contributed by atoms with van der Waals surface area (Å²) >= 11 is 0. The van der Waals surface area contributed by atoms with Crippen molar-refractivity contribution in [1.82, 2.24) is 20.1 Å². The number of benzene rings is 2. The molecule has 6 rings (SSSR count). The largest absolute Gasteiger partial charge is 0.444 e. The Morgan fingerprint density at radius 2 is 2.00 bits per heavy atom. The van der Waals surface area contributed by atoms with E-state index in [9.17, 15) is 9.90 Å². The number of amides is 1. The molecule has 0 radical (unpaired) electrons. The normalized spacial score (nSPS) is 17.7. The molecule has 3 N–H and O–H groups in total. The van der Waals surface area contributed by atoms with E-state index >= 15 is 0 Å². The second kappa shape index (κ2) is 8.82. The molecule has 2 aromatic carbocycles. The van der Waals surface area contributed by atoms with E-state index in [0.717, 1.165) is 48.0 Å². The molecule has 1 saturated carbocycles. The Bertz CT molecular complexity index is 1460. The molecule has 8 nitrogen and oxygen atoms in total. The molecular weight excluding hydrogens is 466 g/mol. The standard InChI is InChI=1S/C29H33N5O3/c1-18-5-4-6-19(11-18)27-32-25(15-37-27)26(35)31-24-12-20-14-34(33-23(20)13-22(24)28(2,3)36)21-7-9-29(10-8-21)16-30-17-29/h4-6,11-15,21,30,36H,7-10,16-17H2,1-3H3,(H,31,35). The first-order chi connectivity index (χ1) is 17.7. The lowest BCUT2D eigenvalue weighted by Crippen LogP contribution is -2.54. The molecule has 1 amide bonds. The monoisotopic (exact) mass is 499 g/mol. The zero-order valence-corrected chi connectivity index (χ0v) is 21.5. The van der Waals surface area contributed by atoms with Crippen LogP contribution in [-0.2, 0) is 5.60 Å². The number of fused-ring (bicyclic) bond motifs is 1. The molecule has 192 valence electrons. The molecule has 0 atom stereocenters. The Morgan fingerprint density at radius 3 is 2.68 bits per heavy atom. The van der Waals surface area contributed by atoms with Crippen LogP contribution in [-0.4, -0.2) is 38.9 Å². The molecule has 1 saturated heterocycles. The average molecular weight is 500 g/mol. The van der Waals surface area contributed by atoms with Crippen LogP contribution in [0.1, 0.15) is 67.2 Å². The van der Waals surface area contributed by atoms with Gasteiger partial charge in [0.05, 0.1) is 17.2 Å². The van der Waals surface area contributed by atoms with Crippen molar-refractivity contribution in [3.8, 4) is 11.5 Å². The molecular formula is C29H33N5O3. The van der Waals surface area contributed by atoms with E-state index in [1.54, 1.807) is 13.8 Å². The van der Waals surface area contributed by atoms with Crippen molar-refractivity contribution in [2.75, 3.05) is 18.4 Å². The zero-order valence-electron chi connectivity index (χ0n) is 21.5. The highest BCUT2D eigenvalue weighted by Gasteiger charge is 2.40. The van der Waals surface area contributed by atoms with Crippen LogP contribution in [0.15, 0.2) is 53.3 Å². The maximum absolute atomic E-state index is 13.1. The quantitative estimate of drug-likeness (QED) is 0.349. The van der Waals surface area contributed by atoms with Gasteiger partial charge >= 0.3 is 0 Å². The van der Waals surface area contributed by atoms with Gasteiger partial charge in [-0.1, -0.05) is 17.7 Å². The maximum atomic E-state index is 13.1. The van der Waals surface area contributed by atoms with E-state index < -0.39 is 11.5 Å². The van der Waals surface area contributed by atoms with Crippen molar-refractivity contribution in [2.24, 2.45) is 5.41 Å². The number of anilines is 1. The predicted octanol–water partition coefficient (Wildman–Crippen LogP) is 5.18. The van der Waals surface area contributed by atoms with Crippen molar-refractivity contribution < 1.29 is 14.3 Å². The lowest BCUT2D eigenvalue weighted by atomic mass is 9.68. The van der Waals surface area contributed by atoms with Crippen molar-refractivity contribution in [2.45, 2.75) is 58.1 Å². The third-order valence-corrected chi connectivity index (χ3v) is 7.96. The van der Waals surface area contributed by atoms with Gasteiger partial charge in [0.25, 0.3) is 5.91 Å². The van der Waals surface area contributed by atoms with Gasteiger partial charge in [0.2, 0.25) is 5.89 Å². The summed E-state index contributed by atoms with van der Waals surface area (Å²) in [5.74, 6) is -0.00758. The predicted molar refractivity (Wildman–Crippen MR) is 142 cm³/mol. The summed E-state index contributed by atoms with van der Waals surface area (Å²) in [7, 11) is 0. The fourth-order valence-electron chi connectivity index (χ4n) is 5.67. The number of carbonyl (C=O) groups is 1. The number of hydrogen-bond acceptors (Lipinski definition) is 6. The minimum absolute atomic E-state index is 0.176. The Morgan fingerprint density at radius 1 is 1.22 bits per heavy atom. The lowest BCUT2D eigenvalue weighted by molar-refractivity contribution is 0.0792. The number of aliphatic hydroxyl groups is 1. The molecule has 2 aromatic heterocycles. The summed E-state index contributed by atoms with van der Waals surface area (Å²) in [6.45, 7) is 7.68. The number of nitrogens with zero attached hydrogens (tertiary/aromatic N) is 3. The summed E-state index contributed by atoms with van der Waals surface area (Å²) in [6, 6.07) is 11.9. The van der Waals surface area contributed by atoms with Crippen LogP contribution < -0.4 is 10.6 Å². The van der Waals surface area contributed by atoms with Crippen LogP contribution in [0.5, 0.6) is 0 Å². The molecule has 1 spiro atoms. The van der Waals surface area contributed by atoms with Gasteiger partial charge in [0, 0.05) is 41.5 Å². The fraction of sp³-hybridized carbons (Fsp3) is 0.414. The van der Waals surface area contributed by atoms with E-state index in [0.29, 0.717) is 28.6 Å². The van der Waals surface area contributed by atoms with Crippen LogP contribution in [0.2, 0.25) is 0 Å². The molecule has 1 aliphatic carbocycles. The number of carbonyl (C=O) groups excluding carboxylic acids is 1. The highest BCUT2D eigenvalue weighted by Crippen LogP contribution is 2.43. The first kappa shape index (κ1) is 23.9. The summed E-state index contributed by atoms with van der Waals surface area (Å²) in [5.41, 5.74) is 3.34. The van der Waals surface area contributed by atoms with Crippen LogP contribution in [0.3, 0.4) is 0 Å². The highest BCUT2D eigenvalue weighted by atomic mass is 16.3. The van der Waals surface area contributed by atoms with Gasteiger partial charge in [-0.25, -0.2) is 4.98 Å². The van der Waals surface area contributed by atoms with Crippen molar-refractivity contribution in [3.05, 3.63) is 65.7 Å². The van der Waals surface area contributed by atoms with Gasteiger partial charge in [0.15, 0.2) is 5.69 Å². The fourth-order valence-corrected chi connectivity index (χ4v) is 5.67. The van der Waals surface area contributed by atoms with E-state index in [4.69, 9.17) is 9.52 Å². The molecule has 1 aliphatic heterocycles. The molecule has 3 heterocycles. The van der Waals surface area contributed by atoms with Gasteiger partial charge in [-0.05, 0) is 76.1 Å². The minimum atomic E-state index is -1.18. The highest BCUT2D eigenvalue weighted by molar-refractivity contribution is 6.04. The minimum Gasteiger partial charge on any atom is -0.444 e. The number of hydrogen-bond donors (Lipinski definition) is 3. The molecule has 8 heteroatoms. The van der Waals surface area contributed by atoms with Crippen LogP contribution in [0.4, 0.5) is 5.69 Å². The van der Waals surface area contributed by atoms with E-state index in [1.165, 1.54) is 19.1 Å². The van der Waals surface area contributed by atoms with Gasteiger partial charge in [-0.3, -0.25) is 9.48 Å². The summed E-state index contributed by atoms with van der Waals surface area (Å²) in [6.07, 6.45) is 8.10. The van der Waals surface area contributed by atoms with E-state index in [-0.39, 0.29) is 5.69 Å².